The smallest absolute Gasteiger partial charge is 0.0681 e. The van der Waals surface area contributed by atoms with Gasteiger partial charge in [0.1, 0.15) is 0 Å². The highest BCUT2D eigenvalue weighted by Gasteiger charge is 2.55. The first-order valence-electron chi connectivity index (χ1n) is 6.42. The van der Waals surface area contributed by atoms with E-state index in [1.54, 1.807) is 0 Å². The van der Waals surface area contributed by atoms with Crippen molar-refractivity contribution < 1.29 is 0 Å². The Balaban J connectivity index is 2.45. The summed E-state index contributed by atoms with van der Waals surface area (Å²) in [5.41, 5.74) is 8.88. The maximum absolute atomic E-state index is 6.35. The van der Waals surface area contributed by atoms with Crippen molar-refractivity contribution in [1.82, 2.24) is 9.78 Å². The Hall–Kier alpha value is -0.830. The molecule has 0 amide bonds. The highest BCUT2D eigenvalue weighted by Crippen LogP contribution is 2.54. The third-order valence-electron chi connectivity index (χ3n) is 4.12. The molecule has 1 aromatic rings. The second kappa shape index (κ2) is 3.35. The number of aromatic nitrogens is 2. The number of hydrogen-bond donors (Lipinski definition) is 1. The van der Waals surface area contributed by atoms with Crippen molar-refractivity contribution >= 4 is 0 Å². The van der Waals surface area contributed by atoms with Crippen LogP contribution in [-0.4, -0.2) is 15.3 Å². The third-order valence-corrected chi connectivity index (χ3v) is 4.12. The second-order valence-electron chi connectivity index (χ2n) is 7.09. The Labute approximate surface area is 104 Å². The molecule has 0 atom stereocenters. The third kappa shape index (κ3) is 1.90. The van der Waals surface area contributed by atoms with E-state index in [4.69, 9.17) is 5.73 Å². The fourth-order valence-electron chi connectivity index (χ4n) is 2.64. The predicted octanol–water partition coefficient (Wildman–Crippen LogP) is 2.49. The number of hydrogen-bond acceptors (Lipinski definition) is 2. The Bertz CT molecular complexity index is 425. The molecule has 96 valence electrons. The molecule has 1 saturated carbocycles. The lowest BCUT2D eigenvalue weighted by Gasteiger charge is -2.30. The van der Waals surface area contributed by atoms with Gasteiger partial charge < -0.3 is 5.73 Å². The fourth-order valence-corrected chi connectivity index (χ4v) is 2.64. The van der Waals surface area contributed by atoms with Gasteiger partial charge in [-0.3, -0.25) is 4.68 Å². The van der Waals surface area contributed by atoms with Crippen LogP contribution in [0.4, 0.5) is 0 Å². The van der Waals surface area contributed by atoms with E-state index < -0.39 is 0 Å². The van der Waals surface area contributed by atoms with Gasteiger partial charge in [0.05, 0.1) is 5.69 Å². The van der Waals surface area contributed by atoms with Crippen molar-refractivity contribution in [2.45, 2.75) is 63.8 Å². The first kappa shape index (κ1) is 12.6. The van der Waals surface area contributed by atoms with E-state index in [1.165, 1.54) is 18.5 Å². The van der Waals surface area contributed by atoms with Crippen LogP contribution in [0.15, 0.2) is 6.07 Å². The van der Waals surface area contributed by atoms with Crippen LogP contribution >= 0.6 is 0 Å². The first-order valence-corrected chi connectivity index (χ1v) is 6.42. The molecule has 17 heavy (non-hydrogen) atoms. The number of nitrogens with two attached hydrogens (primary N) is 1. The minimum absolute atomic E-state index is 0.102. The van der Waals surface area contributed by atoms with Crippen LogP contribution in [-0.2, 0) is 17.9 Å². The average molecular weight is 235 g/mol. The van der Waals surface area contributed by atoms with Gasteiger partial charge >= 0.3 is 0 Å². The van der Waals surface area contributed by atoms with Crippen molar-refractivity contribution in [3.8, 4) is 0 Å². The summed E-state index contributed by atoms with van der Waals surface area (Å²) in [6.07, 6.45) is 2.36. The lowest BCUT2D eigenvalue weighted by molar-refractivity contribution is 0.372. The molecule has 0 saturated heterocycles. The molecule has 1 fully saturated rings. The Morgan fingerprint density at radius 1 is 1.24 bits per heavy atom. The van der Waals surface area contributed by atoms with E-state index in [0.717, 1.165) is 5.69 Å². The van der Waals surface area contributed by atoms with Gasteiger partial charge in [0.2, 0.25) is 0 Å². The Morgan fingerprint density at radius 3 is 2.06 bits per heavy atom. The molecule has 1 aliphatic carbocycles. The minimum Gasteiger partial charge on any atom is -0.325 e. The van der Waals surface area contributed by atoms with Crippen LogP contribution in [0.25, 0.3) is 0 Å². The maximum Gasteiger partial charge on any atom is 0.0681 e. The molecular weight excluding hydrogens is 210 g/mol. The number of rotatable bonds is 2. The maximum atomic E-state index is 6.35. The normalized spacial score (nSPS) is 19.5. The summed E-state index contributed by atoms with van der Waals surface area (Å²) in [6, 6.07) is 2.25. The lowest BCUT2D eigenvalue weighted by Crippen LogP contribution is -2.46. The fraction of sp³-hybridized carbons (Fsp3) is 0.786. The van der Waals surface area contributed by atoms with Crippen LogP contribution in [0.1, 0.15) is 58.8 Å². The molecule has 0 bridgehead atoms. The molecule has 2 N–H and O–H groups in total. The SMILES string of the molecule is Cn1nc(C(C)(C)C)cc1C1(C(C)(C)N)CC1. The average Bonchev–Trinajstić information content (AvgIpc) is 2.83. The molecule has 0 radical (unpaired) electrons. The van der Waals surface area contributed by atoms with Gasteiger partial charge in [-0.2, -0.15) is 5.10 Å². The summed E-state index contributed by atoms with van der Waals surface area (Å²) in [5.74, 6) is 0. The molecule has 0 aliphatic heterocycles. The molecule has 1 aliphatic rings. The monoisotopic (exact) mass is 235 g/mol. The Kier molecular flexibility index (Phi) is 2.48. The zero-order valence-electron chi connectivity index (χ0n) is 12.0. The van der Waals surface area contributed by atoms with Crippen molar-refractivity contribution in [1.29, 1.82) is 0 Å². The second-order valence-corrected chi connectivity index (χ2v) is 7.09. The van der Waals surface area contributed by atoms with Gasteiger partial charge in [0, 0.05) is 29.1 Å². The summed E-state index contributed by atoms with van der Waals surface area (Å²) < 4.78 is 2.03. The molecule has 0 aromatic carbocycles. The molecular formula is C14H25N3. The van der Waals surface area contributed by atoms with E-state index in [1.807, 2.05) is 11.7 Å². The van der Waals surface area contributed by atoms with E-state index in [-0.39, 0.29) is 16.4 Å². The summed E-state index contributed by atoms with van der Waals surface area (Å²) in [7, 11) is 2.04. The molecule has 0 spiro atoms. The van der Waals surface area contributed by atoms with Crippen molar-refractivity contribution in [2.75, 3.05) is 0 Å². The number of nitrogens with zero attached hydrogens (tertiary/aromatic N) is 2. The summed E-state index contributed by atoms with van der Waals surface area (Å²) in [5, 5.41) is 4.66. The highest BCUT2D eigenvalue weighted by atomic mass is 15.3. The first-order chi connectivity index (χ1) is 7.58. The van der Waals surface area contributed by atoms with E-state index >= 15 is 0 Å². The zero-order chi connectivity index (χ0) is 13.1. The van der Waals surface area contributed by atoms with Crippen LogP contribution in [0.5, 0.6) is 0 Å². The standard InChI is InChI=1S/C14H25N3/c1-12(2,3)10-9-11(17(6)16-10)14(7-8-14)13(4,5)15/h9H,7-8,15H2,1-6H3. The van der Waals surface area contributed by atoms with Gasteiger partial charge in [-0.15, -0.1) is 0 Å². The van der Waals surface area contributed by atoms with Crippen LogP contribution < -0.4 is 5.73 Å². The minimum atomic E-state index is -0.171. The number of aryl methyl sites for hydroxylation is 1. The molecule has 1 aromatic heterocycles. The van der Waals surface area contributed by atoms with Crippen molar-refractivity contribution in [3.63, 3.8) is 0 Å². The molecule has 3 nitrogen and oxygen atoms in total. The van der Waals surface area contributed by atoms with E-state index in [9.17, 15) is 0 Å². The van der Waals surface area contributed by atoms with E-state index in [0.29, 0.717) is 0 Å². The molecule has 0 unspecified atom stereocenters. The van der Waals surface area contributed by atoms with Gasteiger partial charge in [0.25, 0.3) is 0 Å². The van der Waals surface area contributed by atoms with Gasteiger partial charge in [-0.25, -0.2) is 0 Å². The topological polar surface area (TPSA) is 43.8 Å². The molecule has 3 heteroatoms. The van der Waals surface area contributed by atoms with Gasteiger partial charge in [-0.05, 0) is 32.8 Å². The lowest BCUT2D eigenvalue weighted by atomic mass is 9.81. The zero-order valence-corrected chi connectivity index (χ0v) is 12.0. The van der Waals surface area contributed by atoms with Crippen LogP contribution in [0.3, 0.4) is 0 Å². The Morgan fingerprint density at radius 2 is 1.76 bits per heavy atom. The largest absolute Gasteiger partial charge is 0.325 e. The summed E-state index contributed by atoms with van der Waals surface area (Å²) in [4.78, 5) is 0. The highest BCUT2D eigenvalue weighted by molar-refractivity contribution is 5.34. The molecule has 1 heterocycles. The predicted molar refractivity (Wildman–Crippen MR) is 71.1 cm³/mol. The van der Waals surface area contributed by atoms with E-state index in [2.05, 4.69) is 45.8 Å². The van der Waals surface area contributed by atoms with Gasteiger partial charge in [0.15, 0.2) is 0 Å². The van der Waals surface area contributed by atoms with Crippen molar-refractivity contribution in [2.24, 2.45) is 12.8 Å². The quantitative estimate of drug-likeness (QED) is 0.856. The van der Waals surface area contributed by atoms with Gasteiger partial charge in [-0.1, -0.05) is 20.8 Å². The van der Waals surface area contributed by atoms with Crippen LogP contribution in [0.2, 0.25) is 0 Å². The van der Waals surface area contributed by atoms with Crippen molar-refractivity contribution in [3.05, 3.63) is 17.5 Å². The molecule has 2 rings (SSSR count). The summed E-state index contributed by atoms with van der Waals surface area (Å²) >= 11 is 0. The summed E-state index contributed by atoms with van der Waals surface area (Å²) in [6.45, 7) is 10.9. The van der Waals surface area contributed by atoms with Crippen LogP contribution in [0, 0.1) is 0 Å².